The van der Waals surface area contributed by atoms with Crippen LogP contribution in [0.4, 0.5) is 15.8 Å². The minimum atomic E-state index is -0.878. The maximum absolute atomic E-state index is 13.9. The number of anilines is 1. The summed E-state index contributed by atoms with van der Waals surface area (Å²) in [5.41, 5.74) is -0.991. The van der Waals surface area contributed by atoms with Crippen LogP contribution in [-0.2, 0) is 0 Å². The number of ether oxygens (including phenoxy) is 2. The molecule has 0 bridgehead atoms. The fourth-order valence-electron chi connectivity index (χ4n) is 2.10. The van der Waals surface area contributed by atoms with Gasteiger partial charge in [-0.3, -0.25) is 14.9 Å². The van der Waals surface area contributed by atoms with E-state index in [1.807, 2.05) is 0 Å². The quantitative estimate of drug-likeness (QED) is 0.613. The van der Waals surface area contributed by atoms with Crippen LogP contribution in [0.15, 0.2) is 30.3 Å². The molecule has 2 aromatic rings. The Kier molecular flexibility index (Phi) is 5.76. The highest BCUT2D eigenvalue weighted by Crippen LogP contribution is 2.35. The minimum absolute atomic E-state index is 0.110. The number of benzene rings is 2. The van der Waals surface area contributed by atoms with Crippen molar-refractivity contribution in [2.45, 2.75) is 6.92 Å². The molecule has 9 heteroatoms. The van der Waals surface area contributed by atoms with Gasteiger partial charge in [0.1, 0.15) is 5.56 Å². The number of nitrogens with zero attached hydrogens (tertiary/aromatic N) is 1. The molecule has 0 aromatic heterocycles. The molecule has 132 valence electrons. The highest BCUT2D eigenvalue weighted by Gasteiger charge is 2.25. The molecule has 0 fully saturated rings. The molecule has 0 aliphatic heterocycles. The Balaban J connectivity index is 2.48. The second kappa shape index (κ2) is 7.80. The molecule has 1 amide bonds. The van der Waals surface area contributed by atoms with Crippen molar-refractivity contribution in [1.82, 2.24) is 0 Å². The van der Waals surface area contributed by atoms with Crippen molar-refractivity contribution in [3.05, 3.63) is 56.8 Å². The minimum Gasteiger partial charge on any atom is -0.493 e. The molecule has 2 rings (SSSR count). The molecule has 0 spiro atoms. The molecule has 0 saturated heterocycles. The van der Waals surface area contributed by atoms with Crippen molar-refractivity contribution >= 4 is 28.9 Å². The number of nitrogens with one attached hydrogen (secondary N) is 1. The van der Waals surface area contributed by atoms with E-state index in [0.717, 1.165) is 6.07 Å². The van der Waals surface area contributed by atoms with Gasteiger partial charge < -0.3 is 14.8 Å². The van der Waals surface area contributed by atoms with Gasteiger partial charge in [-0.2, -0.15) is 0 Å². The Labute approximate surface area is 147 Å². The molecular weight excluding hydrogens is 355 g/mol. The Bertz CT molecular complexity index is 828. The lowest BCUT2D eigenvalue weighted by atomic mass is 10.1. The fourth-order valence-corrected chi connectivity index (χ4v) is 2.27. The van der Waals surface area contributed by atoms with Gasteiger partial charge in [-0.15, -0.1) is 0 Å². The number of hydrogen-bond acceptors (Lipinski definition) is 5. The molecule has 1 N–H and O–H groups in total. The molecule has 0 saturated carbocycles. The second-order valence-corrected chi connectivity index (χ2v) is 5.17. The maximum Gasteiger partial charge on any atom is 0.286 e. The van der Waals surface area contributed by atoms with Gasteiger partial charge in [-0.25, -0.2) is 4.39 Å². The third-order valence-corrected chi connectivity index (χ3v) is 3.51. The monoisotopic (exact) mass is 368 g/mol. The van der Waals surface area contributed by atoms with Crippen molar-refractivity contribution in [1.29, 1.82) is 0 Å². The molecule has 2 aromatic carbocycles. The van der Waals surface area contributed by atoms with Crippen molar-refractivity contribution in [3.8, 4) is 11.5 Å². The van der Waals surface area contributed by atoms with Gasteiger partial charge in [0, 0.05) is 6.07 Å². The summed E-state index contributed by atoms with van der Waals surface area (Å²) in [5, 5.41) is 13.4. The summed E-state index contributed by atoms with van der Waals surface area (Å²) >= 11 is 5.66. The van der Waals surface area contributed by atoms with Gasteiger partial charge in [0.05, 0.1) is 35.4 Å². The first-order chi connectivity index (χ1) is 11.9. The van der Waals surface area contributed by atoms with E-state index >= 15 is 0 Å². The molecule has 7 nitrogen and oxygen atoms in total. The summed E-state index contributed by atoms with van der Waals surface area (Å²) in [6, 6.07) is 6.30. The van der Waals surface area contributed by atoms with Crippen LogP contribution >= 0.6 is 11.6 Å². The third-order valence-electron chi connectivity index (χ3n) is 3.22. The SMILES string of the molecule is CCOc1cc(C(=O)Nc2cccc(Cl)c2F)c([N+](=O)[O-])cc1OC. The Morgan fingerprint density at radius 2 is 2.08 bits per heavy atom. The van der Waals surface area contributed by atoms with Crippen molar-refractivity contribution < 1.29 is 23.6 Å². The van der Waals surface area contributed by atoms with Crippen LogP contribution in [-0.4, -0.2) is 24.5 Å². The molecule has 0 unspecified atom stereocenters. The molecule has 0 aliphatic rings. The zero-order chi connectivity index (χ0) is 18.6. The van der Waals surface area contributed by atoms with Gasteiger partial charge in [0.15, 0.2) is 17.3 Å². The lowest BCUT2D eigenvalue weighted by Crippen LogP contribution is -2.15. The van der Waals surface area contributed by atoms with E-state index in [4.69, 9.17) is 21.1 Å². The molecule has 0 radical (unpaired) electrons. The number of amides is 1. The number of rotatable bonds is 6. The Morgan fingerprint density at radius 3 is 2.68 bits per heavy atom. The van der Waals surface area contributed by atoms with E-state index < -0.39 is 22.3 Å². The summed E-state index contributed by atoms with van der Waals surface area (Å²) in [6.07, 6.45) is 0. The molecule has 0 aliphatic carbocycles. The zero-order valence-electron chi connectivity index (χ0n) is 13.3. The maximum atomic E-state index is 13.9. The average molecular weight is 369 g/mol. The summed E-state index contributed by atoms with van der Waals surface area (Å²) < 4.78 is 24.3. The lowest BCUT2D eigenvalue weighted by molar-refractivity contribution is -0.385. The van der Waals surface area contributed by atoms with Gasteiger partial charge in [-0.05, 0) is 19.1 Å². The number of methoxy groups -OCH3 is 1. The van der Waals surface area contributed by atoms with Gasteiger partial charge in [0.2, 0.25) is 0 Å². The van der Waals surface area contributed by atoms with Crippen LogP contribution in [0.1, 0.15) is 17.3 Å². The van der Waals surface area contributed by atoms with E-state index in [1.54, 1.807) is 6.92 Å². The lowest BCUT2D eigenvalue weighted by Gasteiger charge is -2.12. The molecule has 0 atom stereocenters. The van der Waals surface area contributed by atoms with E-state index in [0.29, 0.717) is 0 Å². The average Bonchev–Trinajstić information content (AvgIpc) is 2.58. The predicted octanol–water partition coefficient (Wildman–Crippen LogP) is 4.05. The highest BCUT2D eigenvalue weighted by molar-refractivity contribution is 6.31. The van der Waals surface area contributed by atoms with Crippen LogP contribution in [0.2, 0.25) is 5.02 Å². The zero-order valence-corrected chi connectivity index (χ0v) is 14.1. The first kappa shape index (κ1) is 18.5. The first-order valence-corrected chi connectivity index (χ1v) is 7.51. The van der Waals surface area contributed by atoms with Crippen molar-refractivity contribution in [3.63, 3.8) is 0 Å². The number of nitro groups is 1. The first-order valence-electron chi connectivity index (χ1n) is 7.13. The highest BCUT2D eigenvalue weighted by atomic mass is 35.5. The standard InChI is InChI=1S/C16H14ClFN2O5/c1-3-25-14-7-9(12(20(22)23)8-13(14)24-2)16(21)19-11-6-4-5-10(17)15(11)18/h4-8H,3H2,1-2H3,(H,19,21). The van der Waals surface area contributed by atoms with Crippen LogP contribution in [0.5, 0.6) is 11.5 Å². The third kappa shape index (κ3) is 3.97. The normalized spacial score (nSPS) is 10.2. The summed E-state index contributed by atoms with van der Waals surface area (Å²) in [6.45, 7) is 1.97. The number of carbonyl (C=O) groups excluding carboxylic acids is 1. The van der Waals surface area contributed by atoms with Crippen LogP contribution in [0.3, 0.4) is 0 Å². The number of nitro benzene ring substituents is 1. The molecule has 0 heterocycles. The Morgan fingerprint density at radius 1 is 1.36 bits per heavy atom. The van der Waals surface area contributed by atoms with Gasteiger partial charge in [0.25, 0.3) is 11.6 Å². The second-order valence-electron chi connectivity index (χ2n) is 4.77. The summed E-state index contributed by atoms with van der Waals surface area (Å²) in [4.78, 5) is 23.0. The predicted molar refractivity (Wildman–Crippen MR) is 90.2 cm³/mol. The van der Waals surface area contributed by atoms with Crippen LogP contribution < -0.4 is 14.8 Å². The van der Waals surface area contributed by atoms with E-state index in [2.05, 4.69) is 5.32 Å². The molecular formula is C16H14ClFN2O5. The van der Waals surface area contributed by atoms with Crippen LogP contribution in [0, 0.1) is 15.9 Å². The number of hydrogen-bond donors (Lipinski definition) is 1. The summed E-state index contributed by atoms with van der Waals surface area (Å²) in [7, 11) is 1.32. The van der Waals surface area contributed by atoms with Gasteiger partial charge >= 0.3 is 0 Å². The van der Waals surface area contributed by atoms with Crippen molar-refractivity contribution in [2.24, 2.45) is 0 Å². The smallest absolute Gasteiger partial charge is 0.286 e. The van der Waals surface area contributed by atoms with E-state index in [1.165, 1.54) is 31.4 Å². The summed E-state index contributed by atoms with van der Waals surface area (Å²) in [5.74, 6) is -1.44. The van der Waals surface area contributed by atoms with Crippen LogP contribution in [0.25, 0.3) is 0 Å². The van der Waals surface area contributed by atoms with Crippen molar-refractivity contribution in [2.75, 3.05) is 19.0 Å². The Hall–Kier alpha value is -2.87. The topological polar surface area (TPSA) is 90.7 Å². The number of carbonyl (C=O) groups is 1. The largest absolute Gasteiger partial charge is 0.493 e. The van der Waals surface area contributed by atoms with Gasteiger partial charge in [-0.1, -0.05) is 17.7 Å². The number of halogens is 2. The fraction of sp³-hybridized carbons (Fsp3) is 0.188. The van der Waals surface area contributed by atoms with E-state index in [9.17, 15) is 19.3 Å². The van der Waals surface area contributed by atoms with E-state index in [-0.39, 0.29) is 34.4 Å². The molecule has 25 heavy (non-hydrogen) atoms.